The number of hydrazine groups is 1. The van der Waals surface area contributed by atoms with Gasteiger partial charge in [0.05, 0.1) is 0 Å². The molecule has 1 unspecified atom stereocenters. The molecule has 4 nitrogen and oxygen atoms in total. The highest BCUT2D eigenvalue weighted by molar-refractivity contribution is 5.37. The summed E-state index contributed by atoms with van der Waals surface area (Å²) < 4.78 is 4.72. The van der Waals surface area contributed by atoms with Gasteiger partial charge in [0.1, 0.15) is 6.10 Å². The van der Waals surface area contributed by atoms with Gasteiger partial charge in [-0.05, 0) is 5.92 Å². The van der Waals surface area contributed by atoms with E-state index in [1.807, 2.05) is 13.8 Å². The van der Waals surface area contributed by atoms with Gasteiger partial charge >= 0.3 is 0 Å². The quantitative estimate of drug-likeness (QED) is 0.316. The minimum atomic E-state index is -0.123. The first-order chi connectivity index (χ1) is 4.72. The summed E-state index contributed by atoms with van der Waals surface area (Å²) in [7, 11) is 0. The molecule has 0 saturated heterocycles. The Labute approximate surface area is 60.7 Å². The van der Waals surface area contributed by atoms with Crippen molar-refractivity contribution >= 4 is 6.47 Å². The van der Waals surface area contributed by atoms with Crippen molar-refractivity contribution in [2.45, 2.75) is 20.0 Å². The number of hydrogen-bond acceptors (Lipinski definition) is 4. The lowest BCUT2D eigenvalue weighted by Gasteiger charge is -2.17. The molecule has 0 aromatic rings. The summed E-state index contributed by atoms with van der Waals surface area (Å²) in [4.78, 5) is 9.90. The molecule has 60 valence electrons. The second-order valence-corrected chi connectivity index (χ2v) is 2.42. The molecular weight excluding hydrogens is 132 g/mol. The van der Waals surface area contributed by atoms with Crippen molar-refractivity contribution in [3.05, 3.63) is 0 Å². The molecule has 4 heteroatoms. The number of carbonyl (C=O) groups is 1. The van der Waals surface area contributed by atoms with Crippen LogP contribution in [0.2, 0.25) is 0 Å². The van der Waals surface area contributed by atoms with E-state index in [0.29, 0.717) is 18.9 Å². The number of nitrogens with one attached hydrogen (secondary N) is 1. The third-order valence-electron chi connectivity index (χ3n) is 1.29. The second kappa shape index (κ2) is 5.20. The van der Waals surface area contributed by atoms with Crippen molar-refractivity contribution in [1.29, 1.82) is 0 Å². The summed E-state index contributed by atoms with van der Waals surface area (Å²) in [6.07, 6.45) is -0.123. The van der Waals surface area contributed by atoms with Crippen LogP contribution in [0.5, 0.6) is 0 Å². The van der Waals surface area contributed by atoms with Crippen LogP contribution in [0.3, 0.4) is 0 Å². The first-order valence-electron chi connectivity index (χ1n) is 3.25. The Hall–Kier alpha value is -0.610. The van der Waals surface area contributed by atoms with Crippen molar-refractivity contribution in [2.75, 3.05) is 6.54 Å². The Balaban J connectivity index is 3.60. The van der Waals surface area contributed by atoms with Gasteiger partial charge in [0.2, 0.25) is 0 Å². The fraction of sp³-hybridized carbons (Fsp3) is 0.833. The van der Waals surface area contributed by atoms with Crippen molar-refractivity contribution in [3.8, 4) is 0 Å². The predicted octanol–water partition coefficient (Wildman–Crippen LogP) is -0.353. The van der Waals surface area contributed by atoms with Gasteiger partial charge in [0, 0.05) is 6.54 Å². The van der Waals surface area contributed by atoms with E-state index in [1.165, 1.54) is 0 Å². The molecular formula is C6H14N2O2. The molecule has 0 aromatic heterocycles. The summed E-state index contributed by atoms with van der Waals surface area (Å²) in [6.45, 7) is 4.87. The molecule has 0 aliphatic rings. The molecule has 0 radical (unpaired) electrons. The molecule has 0 amide bonds. The lowest BCUT2D eigenvalue weighted by molar-refractivity contribution is -0.135. The molecule has 0 aliphatic heterocycles. The van der Waals surface area contributed by atoms with Crippen LogP contribution >= 0.6 is 0 Å². The maximum Gasteiger partial charge on any atom is 0.293 e. The topological polar surface area (TPSA) is 64.3 Å². The molecule has 0 aliphatic carbocycles. The van der Waals surface area contributed by atoms with E-state index >= 15 is 0 Å². The summed E-state index contributed by atoms with van der Waals surface area (Å²) in [5.41, 5.74) is 2.45. The van der Waals surface area contributed by atoms with Crippen LogP contribution in [0.15, 0.2) is 0 Å². The Morgan fingerprint density at radius 2 is 2.30 bits per heavy atom. The van der Waals surface area contributed by atoms with E-state index in [2.05, 4.69) is 5.43 Å². The molecule has 0 saturated carbocycles. The summed E-state index contributed by atoms with van der Waals surface area (Å²) in [5, 5.41) is 0. The lowest BCUT2D eigenvalue weighted by atomic mass is 10.1. The minimum Gasteiger partial charge on any atom is -0.463 e. The Kier molecular flexibility index (Phi) is 4.88. The van der Waals surface area contributed by atoms with Gasteiger partial charge in [0.15, 0.2) is 0 Å². The van der Waals surface area contributed by atoms with E-state index < -0.39 is 0 Å². The van der Waals surface area contributed by atoms with Crippen LogP contribution < -0.4 is 11.3 Å². The predicted molar refractivity (Wildman–Crippen MR) is 38.0 cm³/mol. The van der Waals surface area contributed by atoms with E-state index in [-0.39, 0.29) is 6.10 Å². The molecule has 0 spiro atoms. The lowest BCUT2D eigenvalue weighted by Crippen LogP contribution is -2.36. The maximum atomic E-state index is 9.90. The smallest absolute Gasteiger partial charge is 0.293 e. The molecule has 0 heterocycles. The fourth-order valence-electron chi connectivity index (χ4n) is 0.628. The SMILES string of the molecule is CC(C)C(CNN)OC=O. The van der Waals surface area contributed by atoms with Crippen molar-refractivity contribution < 1.29 is 9.53 Å². The zero-order chi connectivity index (χ0) is 7.98. The van der Waals surface area contributed by atoms with Crippen molar-refractivity contribution in [1.82, 2.24) is 5.43 Å². The molecule has 0 aromatic carbocycles. The third kappa shape index (κ3) is 3.42. The molecule has 0 bridgehead atoms. The zero-order valence-electron chi connectivity index (χ0n) is 6.33. The fourth-order valence-corrected chi connectivity index (χ4v) is 0.628. The summed E-state index contributed by atoms with van der Waals surface area (Å²) in [5.74, 6) is 5.34. The van der Waals surface area contributed by atoms with Crippen LogP contribution in [0.1, 0.15) is 13.8 Å². The number of hydrogen-bond donors (Lipinski definition) is 2. The zero-order valence-corrected chi connectivity index (χ0v) is 6.33. The summed E-state index contributed by atoms with van der Waals surface area (Å²) in [6, 6.07) is 0. The van der Waals surface area contributed by atoms with E-state index in [0.717, 1.165) is 0 Å². The average Bonchev–Trinajstić information content (AvgIpc) is 1.87. The molecule has 1 atom stereocenters. The van der Waals surface area contributed by atoms with Crippen LogP contribution in [-0.4, -0.2) is 19.1 Å². The van der Waals surface area contributed by atoms with Gasteiger partial charge in [-0.1, -0.05) is 13.8 Å². The molecule has 0 fully saturated rings. The van der Waals surface area contributed by atoms with E-state index in [4.69, 9.17) is 10.6 Å². The van der Waals surface area contributed by atoms with Crippen LogP contribution in [0, 0.1) is 5.92 Å². The third-order valence-corrected chi connectivity index (χ3v) is 1.29. The molecule has 0 rings (SSSR count). The first kappa shape index (κ1) is 9.39. The summed E-state index contributed by atoms with van der Waals surface area (Å²) >= 11 is 0. The first-order valence-corrected chi connectivity index (χ1v) is 3.25. The standard InChI is InChI=1S/C6H14N2O2/c1-5(2)6(3-8-7)10-4-9/h4-6,8H,3,7H2,1-2H3. The maximum absolute atomic E-state index is 9.90. The Morgan fingerprint density at radius 3 is 2.60 bits per heavy atom. The van der Waals surface area contributed by atoms with Crippen LogP contribution in [-0.2, 0) is 9.53 Å². The largest absolute Gasteiger partial charge is 0.463 e. The number of carbonyl (C=O) groups excluding carboxylic acids is 1. The number of nitrogens with two attached hydrogens (primary N) is 1. The molecule has 10 heavy (non-hydrogen) atoms. The van der Waals surface area contributed by atoms with Gasteiger partial charge in [-0.3, -0.25) is 16.1 Å². The normalized spacial score (nSPS) is 13.2. The monoisotopic (exact) mass is 146 g/mol. The highest BCUT2D eigenvalue weighted by Gasteiger charge is 2.11. The van der Waals surface area contributed by atoms with Gasteiger partial charge in [0.25, 0.3) is 6.47 Å². The minimum absolute atomic E-state index is 0.123. The highest BCUT2D eigenvalue weighted by atomic mass is 16.5. The van der Waals surface area contributed by atoms with Gasteiger partial charge < -0.3 is 4.74 Å². The number of rotatable bonds is 5. The second-order valence-electron chi connectivity index (χ2n) is 2.42. The Bertz CT molecular complexity index is 95.7. The molecule has 3 N–H and O–H groups in total. The average molecular weight is 146 g/mol. The van der Waals surface area contributed by atoms with Gasteiger partial charge in [-0.2, -0.15) is 0 Å². The Morgan fingerprint density at radius 1 is 1.70 bits per heavy atom. The van der Waals surface area contributed by atoms with Crippen molar-refractivity contribution in [3.63, 3.8) is 0 Å². The van der Waals surface area contributed by atoms with E-state index in [9.17, 15) is 4.79 Å². The van der Waals surface area contributed by atoms with Gasteiger partial charge in [-0.15, -0.1) is 0 Å². The number of ether oxygens (including phenoxy) is 1. The van der Waals surface area contributed by atoms with E-state index in [1.54, 1.807) is 0 Å². The van der Waals surface area contributed by atoms with Crippen LogP contribution in [0.4, 0.5) is 0 Å². The van der Waals surface area contributed by atoms with Crippen LogP contribution in [0.25, 0.3) is 0 Å². The highest BCUT2D eigenvalue weighted by Crippen LogP contribution is 2.02. The van der Waals surface area contributed by atoms with Gasteiger partial charge in [-0.25, -0.2) is 0 Å². The van der Waals surface area contributed by atoms with Crippen molar-refractivity contribution in [2.24, 2.45) is 11.8 Å².